The summed E-state index contributed by atoms with van der Waals surface area (Å²) in [7, 11) is -4.31. The van der Waals surface area contributed by atoms with Crippen molar-refractivity contribution in [1.82, 2.24) is 19.1 Å². The Kier molecular flexibility index (Phi) is 9.78. The molecular weight excluding hydrogens is 650 g/mol. The first-order chi connectivity index (χ1) is 22.3. The number of alkyl halides is 3. The average molecular weight is 681 g/mol. The number of benzene rings is 3. The number of amides is 1. The zero-order chi connectivity index (χ0) is 33.9. The van der Waals surface area contributed by atoms with Gasteiger partial charge >= 0.3 is 11.9 Å². The van der Waals surface area contributed by atoms with Crippen molar-refractivity contribution in [3.8, 4) is 16.8 Å². The number of aryl methyl sites for hydroxylation is 1. The highest BCUT2D eigenvalue weighted by Crippen LogP contribution is 2.33. The molecule has 1 heterocycles. The minimum Gasteiger partial charge on any atom is -0.274 e. The number of carbonyl (C=O) groups excluding carboxylic acids is 1. The van der Waals surface area contributed by atoms with Gasteiger partial charge in [0.1, 0.15) is 5.82 Å². The quantitative estimate of drug-likeness (QED) is 0.194. The molecule has 1 N–H and O–H groups in total. The van der Waals surface area contributed by atoms with Crippen LogP contribution >= 0.6 is 12.2 Å². The monoisotopic (exact) mass is 680 g/mol. The molecule has 0 saturated carbocycles. The number of hydrogen-bond donors (Lipinski definition) is 1. The van der Waals surface area contributed by atoms with E-state index in [-0.39, 0.29) is 28.6 Å². The number of nitrogens with zero attached hydrogens (tertiary/aromatic N) is 3. The summed E-state index contributed by atoms with van der Waals surface area (Å²) in [6, 6.07) is 17.8. The first kappa shape index (κ1) is 33.7. The van der Waals surface area contributed by atoms with Crippen molar-refractivity contribution in [3.05, 3.63) is 124 Å². The molecule has 244 valence electrons. The van der Waals surface area contributed by atoms with Gasteiger partial charge in [0.05, 0.1) is 28.3 Å². The summed E-state index contributed by atoms with van der Waals surface area (Å²) in [5, 5.41) is 4.31. The van der Waals surface area contributed by atoms with Gasteiger partial charge < -0.3 is 0 Å². The summed E-state index contributed by atoms with van der Waals surface area (Å²) in [4.78, 5) is 26.6. The molecule has 4 aromatic rings. The minimum atomic E-state index is -4.68. The molecule has 0 saturated heterocycles. The van der Waals surface area contributed by atoms with E-state index in [1.807, 2.05) is 19.9 Å². The van der Waals surface area contributed by atoms with Gasteiger partial charge in [-0.3, -0.25) is 9.36 Å². The number of carbonyl (C=O) groups is 1. The smallest absolute Gasteiger partial charge is 0.274 e. The number of sulfonamides is 1. The number of unbranched alkanes of at least 4 members (excludes halogenated alkanes) is 1. The van der Waals surface area contributed by atoms with Gasteiger partial charge in [-0.25, -0.2) is 17.9 Å². The van der Waals surface area contributed by atoms with Crippen LogP contribution in [0.25, 0.3) is 16.8 Å². The highest BCUT2D eigenvalue weighted by atomic mass is 32.2. The van der Waals surface area contributed by atoms with Crippen LogP contribution in [0.4, 0.5) is 13.2 Å². The van der Waals surface area contributed by atoms with Crippen molar-refractivity contribution >= 4 is 33.0 Å². The Morgan fingerprint density at radius 1 is 1.02 bits per heavy atom. The van der Waals surface area contributed by atoms with E-state index >= 15 is 0 Å². The molecule has 1 aromatic heterocycles. The number of halogens is 3. The average Bonchev–Trinajstić information content (AvgIpc) is 3.35. The summed E-state index contributed by atoms with van der Waals surface area (Å²) in [5.74, 6) is -0.658. The van der Waals surface area contributed by atoms with E-state index in [0.717, 1.165) is 17.2 Å². The zero-order valence-corrected chi connectivity index (χ0v) is 27.1. The molecule has 0 radical (unpaired) electrons. The molecule has 13 heteroatoms. The predicted molar refractivity (Wildman–Crippen MR) is 177 cm³/mol. The van der Waals surface area contributed by atoms with E-state index < -0.39 is 33.4 Å². The van der Waals surface area contributed by atoms with Crippen molar-refractivity contribution in [1.29, 1.82) is 0 Å². The highest BCUT2D eigenvalue weighted by molar-refractivity contribution is 7.90. The first-order valence-electron chi connectivity index (χ1n) is 14.9. The van der Waals surface area contributed by atoms with Crippen molar-refractivity contribution < 1.29 is 26.4 Å². The van der Waals surface area contributed by atoms with Crippen LogP contribution in [0, 0.1) is 5.92 Å². The molecule has 1 aliphatic carbocycles. The zero-order valence-electron chi connectivity index (χ0n) is 25.5. The van der Waals surface area contributed by atoms with Crippen molar-refractivity contribution in [2.45, 2.75) is 50.7 Å². The van der Waals surface area contributed by atoms with E-state index in [2.05, 4.69) is 9.82 Å². The third-order valence-corrected chi connectivity index (χ3v) is 9.71. The summed E-state index contributed by atoms with van der Waals surface area (Å²) in [6.45, 7) is 3.80. The molecule has 3 aromatic carbocycles. The van der Waals surface area contributed by atoms with Gasteiger partial charge in [0.25, 0.3) is 15.9 Å². The van der Waals surface area contributed by atoms with Gasteiger partial charge in [-0.15, -0.1) is 5.10 Å². The van der Waals surface area contributed by atoms with Gasteiger partial charge in [-0.2, -0.15) is 17.9 Å². The number of hydrogen-bond acceptors (Lipinski definition) is 6. The standard InChI is InChI=1S/C34H31F3N4O4S2/c1-3-4-16-30-38-41(28-14-7-6-13-27(28)34(35,36)37)33(43)40(30)21-23-17-19-24(20-18-23)25-11-5-8-15-29(25)47(44,45)39-32(42)26-12-9-10-22(2)31(26)46/h5-15,17-20,22H,3-4,16,21H2,1-2H3,(H,39,42). The molecule has 47 heavy (non-hydrogen) atoms. The Morgan fingerprint density at radius 2 is 1.70 bits per heavy atom. The number of para-hydroxylation sites is 1. The van der Waals surface area contributed by atoms with Crippen molar-refractivity contribution in [3.63, 3.8) is 0 Å². The van der Waals surface area contributed by atoms with Crippen LogP contribution in [-0.2, 0) is 34.0 Å². The van der Waals surface area contributed by atoms with Crippen LogP contribution in [0.2, 0.25) is 0 Å². The lowest BCUT2D eigenvalue weighted by molar-refractivity contribution is -0.137. The van der Waals surface area contributed by atoms with Crippen LogP contribution < -0.4 is 10.4 Å². The third kappa shape index (κ3) is 7.20. The maximum absolute atomic E-state index is 13.8. The molecule has 1 amide bonds. The van der Waals surface area contributed by atoms with E-state index in [1.54, 1.807) is 48.5 Å². The van der Waals surface area contributed by atoms with Gasteiger partial charge in [-0.1, -0.05) is 99.2 Å². The Balaban J connectivity index is 1.44. The summed E-state index contributed by atoms with van der Waals surface area (Å²) in [6.07, 6.45) is 2.13. The van der Waals surface area contributed by atoms with Crippen LogP contribution in [0.3, 0.4) is 0 Å². The molecule has 1 atom stereocenters. The molecular formula is C34H31F3N4O4S2. The Hall–Kier alpha value is -4.62. The maximum atomic E-state index is 13.8. The van der Waals surface area contributed by atoms with E-state index in [9.17, 15) is 31.2 Å². The second kappa shape index (κ2) is 13.6. The van der Waals surface area contributed by atoms with Crippen LogP contribution in [0.5, 0.6) is 0 Å². The molecule has 8 nitrogen and oxygen atoms in total. The molecule has 1 unspecified atom stereocenters. The van der Waals surface area contributed by atoms with Crippen LogP contribution in [0.1, 0.15) is 43.6 Å². The highest BCUT2D eigenvalue weighted by Gasteiger charge is 2.35. The molecule has 0 bridgehead atoms. The lowest BCUT2D eigenvalue weighted by Crippen LogP contribution is -2.35. The molecule has 0 spiro atoms. The van der Waals surface area contributed by atoms with E-state index in [0.29, 0.717) is 40.2 Å². The van der Waals surface area contributed by atoms with Crippen molar-refractivity contribution in [2.24, 2.45) is 5.92 Å². The fourth-order valence-corrected chi connectivity index (χ4v) is 6.67. The van der Waals surface area contributed by atoms with Gasteiger partial charge in [0, 0.05) is 22.8 Å². The Bertz CT molecular complexity index is 2060. The molecule has 0 aliphatic heterocycles. The van der Waals surface area contributed by atoms with E-state index in [4.69, 9.17) is 12.2 Å². The number of thiocarbonyl (C=S) groups is 1. The van der Waals surface area contributed by atoms with Crippen LogP contribution in [0.15, 0.2) is 106 Å². The fraction of sp³-hybridized carbons (Fsp3) is 0.235. The largest absolute Gasteiger partial charge is 0.418 e. The Morgan fingerprint density at radius 3 is 2.40 bits per heavy atom. The maximum Gasteiger partial charge on any atom is 0.418 e. The number of allylic oxidation sites excluding steroid dienone is 3. The van der Waals surface area contributed by atoms with Gasteiger partial charge in [0.15, 0.2) is 0 Å². The van der Waals surface area contributed by atoms with E-state index in [1.165, 1.54) is 34.9 Å². The second-order valence-corrected chi connectivity index (χ2v) is 13.2. The van der Waals surface area contributed by atoms with Crippen molar-refractivity contribution in [2.75, 3.05) is 0 Å². The van der Waals surface area contributed by atoms with Crippen LogP contribution in [-0.4, -0.2) is 33.5 Å². The topological polar surface area (TPSA) is 103 Å². The fourth-order valence-electron chi connectivity index (χ4n) is 5.24. The number of rotatable bonds is 10. The Labute approximate surface area is 275 Å². The second-order valence-electron chi connectivity index (χ2n) is 11.1. The summed E-state index contributed by atoms with van der Waals surface area (Å²) < 4.78 is 72.4. The molecule has 1 aliphatic rings. The van der Waals surface area contributed by atoms with Gasteiger partial charge in [0.2, 0.25) is 0 Å². The predicted octanol–water partition coefficient (Wildman–Crippen LogP) is 6.42. The SMILES string of the molecule is CCCCc1nn(-c2ccccc2C(F)(F)F)c(=O)n1Cc1ccc(-c2ccccc2S(=O)(=O)NC(=O)C2=CC=CC(C)C2=S)cc1. The lowest BCUT2D eigenvalue weighted by Gasteiger charge is -2.17. The third-order valence-electron chi connectivity index (χ3n) is 7.73. The molecule has 0 fully saturated rings. The minimum absolute atomic E-state index is 0.0320. The lowest BCUT2D eigenvalue weighted by atomic mass is 9.95. The normalized spacial score (nSPS) is 15.0. The van der Waals surface area contributed by atoms with Gasteiger partial charge in [-0.05, 0) is 41.8 Å². The molecule has 5 rings (SSSR count). The summed E-state index contributed by atoms with van der Waals surface area (Å²) in [5.41, 5.74) is -0.405. The number of aromatic nitrogens is 3. The summed E-state index contributed by atoms with van der Waals surface area (Å²) >= 11 is 5.33. The number of nitrogens with one attached hydrogen (secondary N) is 1. The first-order valence-corrected chi connectivity index (χ1v) is 16.7.